The highest BCUT2D eigenvalue weighted by Gasteiger charge is 2.49. The lowest BCUT2D eigenvalue weighted by Gasteiger charge is -2.42. The number of hydrogen-bond donors (Lipinski definition) is 1. The quantitative estimate of drug-likeness (QED) is 0.543. The van der Waals surface area contributed by atoms with Crippen molar-refractivity contribution in [3.05, 3.63) is 66.0 Å². The molecule has 2 aliphatic rings. The summed E-state index contributed by atoms with van der Waals surface area (Å²) >= 11 is 0. The van der Waals surface area contributed by atoms with Gasteiger partial charge in [0, 0.05) is 30.7 Å². The van der Waals surface area contributed by atoms with Gasteiger partial charge in [0.1, 0.15) is 6.54 Å². The van der Waals surface area contributed by atoms with Gasteiger partial charge in [-0.2, -0.15) is 0 Å². The number of aromatic nitrogens is 1. The molecule has 0 bridgehead atoms. The summed E-state index contributed by atoms with van der Waals surface area (Å²) in [7, 11) is 2.24. The number of carbonyl (C=O) groups excluding carboxylic acids is 1. The second-order valence-corrected chi connectivity index (χ2v) is 9.60. The van der Waals surface area contributed by atoms with Crippen LogP contribution in [0.2, 0.25) is 0 Å². The number of benzene rings is 1. The number of aliphatic hydroxyl groups is 1. The van der Waals surface area contributed by atoms with Crippen molar-refractivity contribution < 1.29 is 19.1 Å². The normalized spacial score (nSPS) is 26.3. The van der Waals surface area contributed by atoms with Crippen LogP contribution in [-0.2, 0) is 21.6 Å². The lowest BCUT2D eigenvalue weighted by molar-refractivity contribution is -0.916. The Labute approximate surface area is 185 Å². The Balaban J connectivity index is 1.44. The fourth-order valence-corrected chi connectivity index (χ4v) is 5.40. The molecule has 0 radical (unpaired) electrons. The van der Waals surface area contributed by atoms with Crippen LogP contribution < -0.4 is 0 Å². The SMILES string of the molecule is C[N+]1(CCc2ccccn2)CCCC(OC(=O)[C@](O)(c2ccccc2)C2CCCC2)C1. The first kappa shape index (κ1) is 22.0. The van der Waals surface area contributed by atoms with Gasteiger partial charge in [-0.05, 0) is 37.0 Å². The summed E-state index contributed by atoms with van der Waals surface area (Å²) in [5, 5.41) is 11.7. The largest absolute Gasteiger partial charge is 0.454 e. The first-order valence-corrected chi connectivity index (χ1v) is 11.7. The van der Waals surface area contributed by atoms with E-state index < -0.39 is 11.6 Å². The third kappa shape index (κ3) is 4.99. The zero-order chi connectivity index (χ0) is 21.7. The number of rotatable bonds is 7. The number of likely N-dealkylation sites (N-methyl/N-ethyl adjacent to an activating group) is 1. The average molecular weight is 424 g/mol. The van der Waals surface area contributed by atoms with E-state index in [0.717, 1.165) is 74.8 Å². The second-order valence-electron chi connectivity index (χ2n) is 9.60. The van der Waals surface area contributed by atoms with Crippen LogP contribution in [0.5, 0.6) is 0 Å². The molecular weight excluding hydrogens is 388 g/mol. The van der Waals surface area contributed by atoms with E-state index in [0.29, 0.717) is 5.56 Å². The third-order valence-corrected chi connectivity index (χ3v) is 7.25. The summed E-state index contributed by atoms with van der Waals surface area (Å²) in [6, 6.07) is 15.4. The summed E-state index contributed by atoms with van der Waals surface area (Å²) in [6.45, 7) is 2.83. The number of piperidine rings is 1. The van der Waals surface area contributed by atoms with Crippen molar-refractivity contribution in [2.75, 3.05) is 26.7 Å². The molecule has 0 spiro atoms. The highest BCUT2D eigenvalue weighted by atomic mass is 16.6. The van der Waals surface area contributed by atoms with E-state index >= 15 is 0 Å². The molecule has 166 valence electrons. The predicted octanol–water partition coefficient (Wildman–Crippen LogP) is 3.85. The molecule has 1 saturated heterocycles. The highest BCUT2D eigenvalue weighted by Crippen LogP contribution is 2.42. The molecule has 2 fully saturated rings. The van der Waals surface area contributed by atoms with Crippen LogP contribution >= 0.6 is 0 Å². The van der Waals surface area contributed by atoms with Crippen LogP contribution in [0.1, 0.15) is 49.8 Å². The molecule has 31 heavy (non-hydrogen) atoms. The Morgan fingerprint density at radius 1 is 1.10 bits per heavy atom. The Morgan fingerprint density at radius 3 is 2.55 bits per heavy atom. The summed E-state index contributed by atoms with van der Waals surface area (Å²) in [5.41, 5.74) is 0.211. The highest BCUT2D eigenvalue weighted by molar-refractivity contribution is 5.81. The van der Waals surface area contributed by atoms with E-state index in [2.05, 4.69) is 18.1 Å². The maximum Gasteiger partial charge on any atom is 0.343 e. The summed E-state index contributed by atoms with van der Waals surface area (Å²) in [4.78, 5) is 17.9. The van der Waals surface area contributed by atoms with Gasteiger partial charge in [0.25, 0.3) is 0 Å². The van der Waals surface area contributed by atoms with Gasteiger partial charge in [-0.25, -0.2) is 4.79 Å². The van der Waals surface area contributed by atoms with E-state index in [4.69, 9.17) is 4.74 Å². The number of quaternary nitrogens is 1. The van der Waals surface area contributed by atoms with Gasteiger partial charge in [0.15, 0.2) is 11.7 Å². The standard InChI is InChI=1S/C26H35N2O3/c1-28(19-16-23-14-7-8-17-27-23)18-9-15-24(20-28)31-25(29)26(30,22-12-5-6-13-22)21-10-3-2-4-11-21/h2-4,7-8,10-11,14,17,22,24,30H,5-6,9,12-13,15-16,18-20H2,1H3/q+1/t24?,26-,28?/m0/s1. The van der Waals surface area contributed by atoms with Crippen LogP contribution in [0.3, 0.4) is 0 Å². The fraction of sp³-hybridized carbons (Fsp3) is 0.538. The number of ether oxygens (including phenoxy) is 1. The van der Waals surface area contributed by atoms with E-state index in [1.807, 2.05) is 48.7 Å². The Bertz CT molecular complexity index is 853. The molecule has 2 unspecified atom stereocenters. The summed E-state index contributed by atoms with van der Waals surface area (Å²) in [5.74, 6) is -0.537. The van der Waals surface area contributed by atoms with Crippen molar-refractivity contribution in [2.24, 2.45) is 5.92 Å². The Kier molecular flexibility index (Phi) is 6.73. The van der Waals surface area contributed by atoms with Crippen molar-refractivity contribution >= 4 is 5.97 Å². The molecule has 1 aromatic heterocycles. The molecule has 1 N–H and O–H groups in total. The van der Waals surface area contributed by atoms with Crippen molar-refractivity contribution in [1.82, 2.24) is 4.98 Å². The van der Waals surface area contributed by atoms with Crippen molar-refractivity contribution in [3.63, 3.8) is 0 Å². The van der Waals surface area contributed by atoms with Gasteiger partial charge in [0.05, 0.1) is 20.1 Å². The van der Waals surface area contributed by atoms with E-state index in [9.17, 15) is 9.90 Å². The van der Waals surface area contributed by atoms with Crippen LogP contribution in [0, 0.1) is 5.92 Å². The Hall–Kier alpha value is -2.24. The Morgan fingerprint density at radius 2 is 1.84 bits per heavy atom. The van der Waals surface area contributed by atoms with E-state index in [1.165, 1.54) is 0 Å². The molecule has 1 saturated carbocycles. The van der Waals surface area contributed by atoms with Gasteiger partial charge < -0.3 is 14.3 Å². The lowest BCUT2D eigenvalue weighted by Crippen LogP contribution is -2.56. The zero-order valence-corrected chi connectivity index (χ0v) is 18.6. The van der Waals surface area contributed by atoms with E-state index in [1.54, 1.807) is 0 Å². The molecule has 4 rings (SSSR count). The topological polar surface area (TPSA) is 59.4 Å². The first-order valence-electron chi connectivity index (χ1n) is 11.7. The van der Waals surface area contributed by atoms with Crippen LogP contribution in [0.25, 0.3) is 0 Å². The summed E-state index contributed by atoms with van der Waals surface area (Å²) < 4.78 is 6.91. The molecular formula is C26H35N2O3+. The number of likely N-dealkylation sites (tertiary alicyclic amines) is 1. The predicted molar refractivity (Wildman–Crippen MR) is 120 cm³/mol. The lowest BCUT2D eigenvalue weighted by atomic mass is 9.80. The molecule has 2 aromatic rings. The number of pyridine rings is 1. The second kappa shape index (κ2) is 9.49. The van der Waals surface area contributed by atoms with Gasteiger partial charge in [0.2, 0.25) is 0 Å². The molecule has 3 atom stereocenters. The minimum absolute atomic E-state index is 0.0731. The van der Waals surface area contributed by atoms with Crippen molar-refractivity contribution in [2.45, 2.75) is 56.7 Å². The summed E-state index contributed by atoms with van der Waals surface area (Å²) in [6.07, 6.45) is 8.30. The van der Waals surface area contributed by atoms with E-state index in [-0.39, 0.29) is 12.0 Å². The molecule has 1 aliphatic heterocycles. The molecule has 2 heterocycles. The smallest absolute Gasteiger partial charge is 0.343 e. The van der Waals surface area contributed by atoms with Gasteiger partial charge in [-0.1, -0.05) is 49.2 Å². The van der Waals surface area contributed by atoms with Gasteiger partial charge in [-0.15, -0.1) is 0 Å². The minimum atomic E-state index is -1.55. The number of carbonyl (C=O) groups is 1. The van der Waals surface area contributed by atoms with Gasteiger partial charge >= 0.3 is 5.97 Å². The molecule has 5 nitrogen and oxygen atoms in total. The van der Waals surface area contributed by atoms with Crippen LogP contribution in [0.4, 0.5) is 0 Å². The van der Waals surface area contributed by atoms with Gasteiger partial charge in [-0.3, -0.25) is 4.98 Å². The fourth-order valence-electron chi connectivity index (χ4n) is 5.40. The van der Waals surface area contributed by atoms with Crippen LogP contribution in [-0.4, -0.2) is 53.3 Å². The monoisotopic (exact) mass is 423 g/mol. The molecule has 1 aromatic carbocycles. The maximum atomic E-state index is 13.4. The average Bonchev–Trinajstić information content (AvgIpc) is 3.34. The van der Waals surface area contributed by atoms with Crippen LogP contribution in [0.15, 0.2) is 54.7 Å². The molecule has 1 aliphatic carbocycles. The first-order chi connectivity index (χ1) is 15.0. The molecule has 5 heteroatoms. The molecule has 0 amide bonds. The maximum absolute atomic E-state index is 13.4. The minimum Gasteiger partial charge on any atom is -0.454 e. The van der Waals surface area contributed by atoms with Crippen molar-refractivity contribution in [1.29, 1.82) is 0 Å². The zero-order valence-electron chi connectivity index (χ0n) is 18.6. The van der Waals surface area contributed by atoms with Crippen molar-refractivity contribution in [3.8, 4) is 0 Å². The number of hydrogen-bond acceptors (Lipinski definition) is 4. The number of nitrogens with zero attached hydrogens (tertiary/aromatic N) is 2. The third-order valence-electron chi connectivity index (χ3n) is 7.25. The number of esters is 1.